The van der Waals surface area contributed by atoms with Crippen molar-refractivity contribution in [3.63, 3.8) is 0 Å². The van der Waals surface area contributed by atoms with Crippen molar-refractivity contribution in [3.05, 3.63) is 0 Å². The summed E-state index contributed by atoms with van der Waals surface area (Å²) in [5.41, 5.74) is 5.76. The molecule has 14 heavy (non-hydrogen) atoms. The number of nitrogens with two attached hydrogens (primary N) is 1. The van der Waals surface area contributed by atoms with Crippen LogP contribution in [0.4, 0.5) is 0 Å². The van der Waals surface area contributed by atoms with Crippen LogP contribution in [-0.2, 0) is 0 Å². The fraction of sp³-hybridized carbons (Fsp3) is 1.00. The zero-order chi connectivity index (χ0) is 10.6. The van der Waals surface area contributed by atoms with Crippen molar-refractivity contribution in [3.8, 4) is 0 Å². The Hall–Kier alpha value is -0.120. The van der Waals surface area contributed by atoms with E-state index in [0.29, 0.717) is 6.04 Å². The van der Waals surface area contributed by atoms with Gasteiger partial charge in [0.2, 0.25) is 0 Å². The van der Waals surface area contributed by atoms with E-state index in [1.807, 2.05) is 0 Å². The molecule has 1 aliphatic rings. The second-order valence-electron chi connectivity index (χ2n) is 4.80. The van der Waals surface area contributed by atoms with Gasteiger partial charge in [-0.1, -0.05) is 0 Å². The van der Waals surface area contributed by atoms with Crippen molar-refractivity contribution >= 4 is 0 Å². The topological polar surface area (TPSA) is 32.5 Å². The predicted molar refractivity (Wildman–Crippen MR) is 61.4 cm³/mol. The van der Waals surface area contributed by atoms with Crippen LogP contribution >= 0.6 is 0 Å². The van der Waals surface area contributed by atoms with E-state index in [-0.39, 0.29) is 0 Å². The molecule has 0 aromatic rings. The molecule has 0 spiro atoms. The largest absolute Gasteiger partial charge is 0.328 e. The SMILES string of the molecule is CC(N)CCN(C)C1CCCN(C)C1. The first kappa shape index (κ1) is 12.0. The van der Waals surface area contributed by atoms with Crippen LogP contribution in [0.3, 0.4) is 0 Å². The van der Waals surface area contributed by atoms with Crippen LogP contribution < -0.4 is 5.73 Å². The first-order valence-corrected chi connectivity index (χ1v) is 5.74. The molecule has 3 nitrogen and oxygen atoms in total. The molecule has 84 valence electrons. The molecule has 2 unspecified atom stereocenters. The van der Waals surface area contributed by atoms with E-state index in [2.05, 4.69) is 30.8 Å². The van der Waals surface area contributed by atoms with E-state index in [9.17, 15) is 0 Å². The molecule has 2 N–H and O–H groups in total. The summed E-state index contributed by atoms with van der Waals surface area (Å²) in [5.74, 6) is 0. The van der Waals surface area contributed by atoms with Crippen LogP contribution in [0, 0.1) is 0 Å². The van der Waals surface area contributed by atoms with Gasteiger partial charge in [0.05, 0.1) is 0 Å². The lowest BCUT2D eigenvalue weighted by atomic mass is 10.0. The molecule has 0 bridgehead atoms. The molecule has 1 saturated heterocycles. The van der Waals surface area contributed by atoms with E-state index in [1.165, 1.54) is 25.9 Å². The Balaban J connectivity index is 2.25. The van der Waals surface area contributed by atoms with E-state index in [1.54, 1.807) is 0 Å². The average molecular weight is 199 g/mol. The molecule has 0 aromatic carbocycles. The Morgan fingerprint density at radius 2 is 2.29 bits per heavy atom. The zero-order valence-corrected chi connectivity index (χ0v) is 9.87. The maximum Gasteiger partial charge on any atom is 0.0220 e. The lowest BCUT2D eigenvalue weighted by Crippen LogP contribution is -2.45. The van der Waals surface area contributed by atoms with Gasteiger partial charge < -0.3 is 15.5 Å². The van der Waals surface area contributed by atoms with E-state index < -0.39 is 0 Å². The molecular weight excluding hydrogens is 174 g/mol. The Labute approximate surface area is 88.2 Å². The lowest BCUT2D eigenvalue weighted by Gasteiger charge is -2.36. The molecule has 0 saturated carbocycles. The predicted octanol–water partition coefficient (Wildman–Crippen LogP) is 0.750. The summed E-state index contributed by atoms with van der Waals surface area (Å²) in [4.78, 5) is 4.90. The van der Waals surface area contributed by atoms with Crippen LogP contribution in [0.25, 0.3) is 0 Å². The van der Waals surface area contributed by atoms with Crippen LogP contribution in [0.2, 0.25) is 0 Å². The van der Waals surface area contributed by atoms with Gasteiger partial charge in [0.15, 0.2) is 0 Å². The minimum atomic E-state index is 0.332. The third-order valence-corrected chi connectivity index (χ3v) is 3.16. The van der Waals surface area contributed by atoms with E-state index in [4.69, 9.17) is 5.73 Å². The van der Waals surface area contributed by atoms with Crippen LogP contribution in [0.1, 0.15) is 26.2 Å². The van der Waals surface area contributed by atoms with Crippen LogP contribution in [-0.4, -0.2) is 55.6 Å². The van der Waals surface area contributed by atoms with Gasteiger partial charge in [-0.2, -0.15) is 0 Å². The number of piperidine rings is 1. The number of likely N-dealkylation sites (tertiary alicyclic amines) is 1. The maximum absolute atomic E-state index is 5.76. The number of likely N-dealkylation sites (N-methyl/N-ethyl adjacent to an activating group) is 2. The number of hydrogen-bond donors (Lipinski definition) is 1. The van der Waals surface area contributed by atoms with Gasteiger partial charge in [-0.05, 0) is 53.4 Å². The fourth-order valence-electron chi connectivity index (χ4n) is 2.09. The molecule has 1 fully saturated rings. The summed E-state index contributed by atoms with van der Waals surface area (Å²) >= 11 is 0. The van der Waals surface area contributed by atoms with Gasteiger partial charge in [-0.15, -0.1) is 0 Å². The van der Waals surface area contributed by atoms with Gasteiger partial charge in [-0.25, -0.2) is 0 Å². The van der Waals surface area contributed by atoms with Crippen molar-refractivity contribution < 1.29 is 0 Å². The van der Waals surface area contributed by atoms with Crippen molar-refractivity contribution in [2.24, 2.45) is 5.73 Å². The Morgan fingerprint density at radius 1 is 1.57 bits per heavy atom. The maximum atomic E-state index is 5.76. The summed E-state index contributed by atoms with van der Waals surface area (Å²) in [6.45, 7) is 5.70. The highest BCUT2D eigenvalue weighted by Crippen LogP contribution is 2.13. The van der Waals surface area contributed by atoms with Gasteiger partial charge in [0, 0.05) is 18.6 Å². The molecule has 2 atom stereocenters. The highest BCUT2D eigenvalue weighted by Gasteiger charge is 2.20. The molecule has 0 amide bonds. The second-order valence-corrected chi connectivity index (χ2v) is 4.80. The summed E-state index contributed by atoms with van der Waals surface area (Å²) in [6.07, 6.45) is 3.79. The highest BCUT2D eigenvalue weighted by molar-refractivity contribution is 4.77. The second kappa shape index (κ2) is 5.69. The Kier molecular flexibility index (Phi) is 4.85. The smallest absolute Gasteiger partial charge is 0.0220 e. The molecule has 0 aromatic heterocycles. The number of hydrogen-bond acceptors (Lipinski definition) is 3. The van der Waals surface area contributed by atoms with Gasteiger partial charge in [0.1, 0.15) is 0 Å². The minimum Gasteiger partial charge on any atom is -0.328 e. The van der Waals surface area contributed by atoms with Gasteiger partial charge in [-0.3, -0.25) is 0 Å². The monoisotopic (exact) mass is 199 g/mol. The van der Waals surface area contributed by atoms with E-state index >= 15 is 0 Å². The van der Waals surface area contributed by atoms with Crippen LogP contribution in [0.5, 0.6) is 0 Å². The molecule has 0 radical (unpaired) electrons. The highest BCUT2D eigenvalue weighted by atomic mass is 15.2. The third kappa shape index (κ3) is 3.95. The Bertz CT molecular complexity index is 159. The zero-order valence-electron chi connectivity index (χ0n) is 9.87. The van der Waals surface area contributed by atoms with Gasteiger partial charge >= 0.3 is 0 Å². The van der Waals surface area contributed by atoms with Crippen molar-refractivity contribution in [2.75, 3.05) is 33.7 Å². The first-order valence-electron chi connectivity index (χ1n) is 5.74. The molecule has 1 aliphatic heterocycles. The first-order chi connectivity index (χ1) is 6.59. The summed E-state index contributed by atoms with van der Waals surface area (Å²) in [7, 11) is 4.44. The normalized spacial score (nSPS) is 26.8. The molecular formula is C11H25N3. The quantitative estimate of drug-likeness (QED) is 0.725. The third-order valence-electron chi connectivity index (χ3n) is 3.16. The lowest BCUT2D eigenvalue weighted by molar-refractivity contribution is 0.132. The summed E-state index contributed by atoms with van der Waals surface area (Å²) in [5, 5.41) is 0. The number of rotatable bonds is 4. The standard InChI is InChI=1S/C11H25N3/c1-10(12)6-8-14(3)11-5-4-7-13(2)9-11/h10-11H,4-9,12H2,1-3H3. The summed E-state index contributed by atoms with van der Waals surface area (Å²) in [6, 6.07) is 1.08. The molecule has 1 heterocycles. The van der Waals surface area contributed by atoms with Crippen molar-refractivity contribution in [2.45, 2.75) is 38.3 Å². The van der Waals surface area contributed by atoms with Crippen LogP contribution in [0.15, 0.2) is 0 Å². The molecule has 3 heteroatoms. The Morgan fingerprint density at radius 3 is 2.86 bits per heavy atom. The van der Waals surface area contributed by atoms with Crippen molar-refractivity contribution in [1.82, 2.24) is 9.80 Å². The minimum absolute atomic E-state index is 0.332. The van der Waals surface area contributed by atoms with E-state index in [0.717, 1.165) is 19.0 Å². The number of nitrogens with zero attached hydrogens (tertiary/aromatic N) is 2. The molecule has 0 aliphatic carbocycles. The molecule has 1 rings (SSSR count). The average Bonchev–Trinajstić information content (AvgIpc) is 2.14. The fourth-order valence-corrected chi connectivity index (χ4v) is 2.09. The van der Waals surface area contributed by atoms with Gasteiger partial charge in [0.25, 0.3) is 0 Å². The van der Waals surface area contributed by atoms with Crippen molar-refractivity contribution in [1.29, 1.82) is 0 Å². The summed E-state index contributed by atoms with van der Waals surface area (Å²) < 4.78 is 0.